The number of aromatic hydroxyl groups is 1. The number of phenols is 1. The Hall–Kier alpha value is -1.33. The average molecular weight is 296 g/mol. The van der Waals surface area contributed by atoms with Crippen molar-refractivity contribution in [1.29, 1.82) is 0 Å². The number of rotatable bonds is 5. The van der Waals surface area contributed by atoms with Gasteiger partial charge in [0, 0.05) is 0 Å². The molecular formula is C15H24O4Si. The topological polar surface area (TPSA) is 55.8 Å². The maximum atomic E-state index is 11.8. The third-order valence-electron chi connectivity index (χ3n) is 3.71. The predicted octanol–water partition coefficient (Wildman–Crippen LogP) is 3.57. The minimum Gasteiger partial charge on any atom is -0.507 e. The number of carbonyl (C=O) groups excluding carboxylic acids is 1. The van der Waals surface area contributed by atoms with E-state index in [1.165, 1.54) is 12.1 Å². The van der Waals surface area contributed by atoms with Crippen LogP contribution in [0.2, 0.25) is 18.1 Å². The Morgan fingerprint density at radius 3 is 2.35 bits per heavy atom. The van der Waals surface area contributed by atoms with Gasteiger partial charge in [0.05, 0.1) is 6.61 Å². The monoisotopic (exact) mass is 296 g/mol. The SMILES string of the molecule is CC(C)(C)[Si](C)(C)OCCOC(=O)c1ccccc1O. The zero-order valence-corrected chi connectivity index (χ0v) is 13.9. The van der Waals surface area contributed by atoms with Crippen molar-refractivity contribution in [3.8, 4) is 5.75 Å². The van der Waals surface area contributed by atoms with Gasteiger partial charge in [-0.3, -0.25) is 0 Å². The molecular weight excluding hydrogens is 272 g/mol. The van der Waals surface area contributed by atoms with Crippen LogP contribution in [0.4, 0.5) is 0 Å². The van der Waals surface area contributed by atoms with Gasteiger partial charge >= 0.3 is 5.97 Å². The first-order valence-electron chi connectivity index (χ1n) is 6.74. The summed E-state index contributed by atoms with van der Waals surface area (Å²) in [6.07, 6.45) is 0. The van der Waals surface area contributed by atoms with E-state index >= 15 is 0 Å². The smallest absolute Gasteiger partial charge is 0.341 e. The first-order valence-corrected chi connectivity index (χ1v) is 9.65. The predicted molar refractivity (Wildman–Crippen MR) is 81.5 cm³/mol. The Labute approximate surface area is 121 Å². The van der Waals surface area contributed by atoms with Gasteiger partial charge in [-0.15, -0.1) is 0 Å². The Balaban J connectivity index is 2.43. The van der Waals surface area contributed by atoms with Gasteiger partial charge < -0.3 is 14.3 Å². The van der Waals surface area contributed by atoms with Crippen molar-refractivity contribution in [3.05, 3.63) is 29.8 Å². The molecule has 0 aliphatic carbocycles. The van der Waals surface area contributed by atoms with Crippen molar-refractivity contribution >= 4 is 14.3 Å². The van der Waals surface area contributed by atoms with Crippen LogP contribution in [-0.4, -0.2) is 32.6 Å². The molecule has 5 heteroatoms. The van der Waals surface area contributed by atoms with Crippen molar-refractivity contribution < 1.29 is 19.1 Å². The minimum atomic E-state index is -1.81. The van der Waals surface area contributed by atoms with Gasteiger partial charge in [-0.2, -0.15) is 0 Å². The van der Waals surface area contributed by atoms with E-state index in [0.29, 0.717) is 6.61 Å². The molecule has 0 amide bonds. The molecule has 4 nitrogen and oxygen atoms in total. The van der Waals surface area contributed by atoms with Crippen molar-refractivity contribution in [3.63, 3.8) is 0 Å². The molecule has 0 saturated heterocycles. The summed E-state index contributed by atoms with van der Waals surface area (Å²) in [5.41, 5.74) is 0.180. The molecule has 0 atom stereocenters. The van der Waals surface area contributed by atoms with Crippen LogP contribution in [-0.2, 0) is 9.16 Å². The highest BCUT2D eigenvalue weighted by molar-refractivity contribution is 6.74. The fourth-order valence-corrected chi connectivity index (χ4v) is 2.40. The fraction of sp³-hybridized carbons (Fsp3) is 0.533. The van der Waals surface area contributed by atoms with Gasteiger partial charge in [0.25, 0.3) is 0 Å². The summed E-state index contributed by atoms with van der Waals surface area (Å²) >= 11 is 0. The molecule has 112 valence electrons. The number of hydrogen-bond acceptors (Lipinski definition) is 4. The Bertz CT molecular complexity index is 463. The van der Waals surface area contributed by atoms with Crippen LogP contribution < -0.4 is 0 Å². The third-order valence-corrected chi connectivity index (χ3v) is 8.25. The minimum absolute atomic E-state index is 0.0668. The molecule has 0 heterocycles. The maximum Gasteiger partial charge on any atom is 0.341 e. The van der Waals surface area contributed by atoms with E-state index < -0.39 is 14.3 Å². The maximum absolute atomic E-state index is 11.8. The van der Waals surface area contributed by atoms with E-state index in [0.717, 1.165) is 0 Å². The van der Waals surface area contributed by atoms with Gasteiger partial charge in [-0.05, 0) is 30.3 Å². The summed E-state index contributed by atoms with van der Waals surface area (Å²) in [4.78, 5) is 11.8. The van der Waals surface area contributed by atoms with Crippen LogP contribution in [0.3, 0.4) is 0 Å². The van der Waals surface area contributed by atoms with Gasteiger partial charge in [0.15, 0.2) is 8.32 Å². The van der Waals surface area contributed by atoms with Crippen LogP contribution in [0.1, 0.15) is 31.1 Å². The van der Waals surface area contributed by atoms with Gasteiger partial charge in [0.2, 0.25) is 0 Å². The van der Waals surface area contributed by atoms with Crippen LogP contribution in [0.25, 0.3) is 0 Å². The van der Waals surface area contributed by atoms with E-state index in [2.05, 4.69) is 33.9 Å². The Kier molecular flexibility index (Phi) is 5.36. The summed E-state index contributed by atoms with van der Waals surface area (Å²) in [6.45, 7) is 11.4. The number of hydrogen-bond donors (Lipinski definition) is 1. The zero-order valence-electron chi connectivity index (χ0n) is 12.9. The van der Waals surface area contributed by atoms with E-state index in [1.54, 1.807) is 12.1 Å². The normalized spacial score (nSPS) is 12.2. The number of para-hydroxylation sites is 1. The average Bonchev–Trinajstić information content (AvgIpc) is 2.33. The lowest BCUT2D eigenvalue weighted by molar-refractivity contribution is 0.0438. The van der Waals surface area contributed by atoms with Gasteiger partial charge in [-0.25, -0.2) is 4.79 Å². The zero-order chi connectivity index (χ0) is 15.4. The fourth-order valence-electron chi connectivity index (χ4n) is 1.37. The molecule has 20 heavy (non-hydrogen) atoms. The van der Waals surface area contributed by atoms with Crippen LogP contribution in [0, 0.1) is 0 Å². The molecule has 0 fully saturated rings. The van der Waals surface area contributed by atoms with E-state index in [4.69, 9.17) is 9.16 Å². The highest BCUT2D eigenvalue weighted by Gasteiger charge is 2.36. The molecule has 0 aliphatic rings. The number of ether oxygens (including phenoxy) is 1. The van der Waals surface area contributed by atoms with Crippen LogP contribution >= 0.6 is 0 Å². The van der Waals surface area contributed by atoms with Crippen molar-refractivity contribution in [2.75, 3.05) is 13.2 Å². The van der Waals surface area contributed by atoms with E-state index in [1.807, 2.05) is 0 Å². The standard InChI is InChI=1S/C15H24O4Si/c1-15(2,3)20(4,5)19-11-10-18-14(17)12-8-6-7-9-13(12)16/h6-9,16H,10-11H2,1-5H3. The third kappa shape index (κ3) is 4.35. The van der Waals surface area contributed by atoms with Crippen molar-refractivity contribution in [1.82, 2.24) is 0 Å². The molecule has 0 saturated carbocycles. The second-order valence-electron chi connectivity index (χ2n) is 6.26. The number of esters is 1. The number of benzene rings is 1. The quantitative estimate of drug-likeness (QED) is 0.513. The Morgan fingerprint density at radius 2 is 1.80 bits per heavy atom. The molecule has 0 bridgehead atoms. The Morgan fingerprint density at radius 1 is 1.20 bits per heavy atom. The summed E-state index contributed by atoms with van der Waals surface area (Å²) in [7, 11) is -1.81. The molecule has 0 aromatic heterocycles. The molecule has 1 aromatic rings. The molecule has 0 unspecified atom stereocenters. The lowest BCUT2D eigenvalue weighted by Gasteiger charge is -2.36. The summed E-state index contributed by atoms with van der Waals surface area (Å²) in [6, 6.07) is 6.34. The molecule has 0 radical (unpaired) electrons. The van der Waals surface area contributed by atoms with Gasteiger partial charge in [0.1, 0.15) is 17.9 Å². The highest BCUT2D eigenvalue weighted by atomic mass is 28.4. The molecule has 0 aliphatic heterocycles. The first kappa shape index (κ1) is 16.7. The molecule has 1 rings (SSSR count). The summed E-state index contributed by atoms with van der Waals surface area (Å²) < 4.78 is 11.0. The van der Waals surface area contributed by atoms with Crippen molar-refractivity contribution in [2.24, 2.45) is 0 Å². The van der Waals surface area contributed by atoms with Crippen molar-refractivity contribution in [2.45, 2.75) is 38.9 Å². The lowest BCUT2D eigenvalue weighted by Crippen LogP contribution is -2.41. The molecule has 1 aromatic carbocycles. The summed E-state index contributed by atoms with van der Waals surface area (Å²) in [5.74, 6) is -0.593. The van der Waals surface area contributed by atoms with Gasteiger partial charge in [-0.1, -0.05) is 32.9 Å². The van der Waals surface area contributed by atoms with E-state index in [9.17, 15) is 9.90 Å². The van der Waals surface area contributed by atoms with Crippen LogP contribution in [0.15, 0.2) is 24.3 Å². The second-order valence-corrected chi connectivity index (χ2v) is 11.1. The van der Waals surface area contributed by atoms with E-state index in [-0.39, 0.29) is 23.0 Å². The molecule has 1 N–H and O–H groups in total. The second kappa shape index (κ2) is 6.41. The first-order chi connectivity index (χ1) is 9.15. The number of phenolic OH excluding ortho intramolecular Hbond substituents is 1. The van der Waals surface area contributed by atoms with Crippen LogP contribution in [0.5, 0.6) is 5.75 Å². The molecule has 0 spiro atoms. The summed E-state index contributed by atoms with van der Waals surface area (Å²) in [5, 5.41) is 9.68. The largest absolute Gasteiger partial charge is 0.507 e. The lowest BCUT2D eigenvalue weighted by atomic mass is 10.2. The number of carbonyl (C=O) groups is 1. The highest BCUT2D eigenvalue weighted by Crippen LogP contribution is 2.36.